The van der Waals surface area contributed by atoms with Crippen LogP contribution in [-0.2, 0) is 0 Å². The van der Waals surface area contributed by atoms with Gasteiger partial charge in [0.2, 0.25) is 0 Å². The van der Waals surface area contributed by atoms with Crippen LogP contribution in [0.3, 0.4) is 0 Å². The Hall–Kier alpha value is -0.0400. The molecule has 0 heterocycles. The molecule has 3 unspecified atom stereocenters. The first-order valence-corrected chi connectivity index (χ1v) is 7.02. The monoisotopic (exact) mass is 225 g/mol. The molecular formula is C15H31N. The van der Waals surface area contributed by atoms with Crippen LogP contribution in [0, 0.1) is 23.2 Å². The molecule has 0 spiro atoms. The predicted octanol–water partition coefficient (Wildman–Crippen LogP) is 4.08. The van der Waals surface area contributed by atoms with Gasteiger partial charge < -0.3 is 5.32 Å². The topological polar surface area (TPSA) is 12.0 Å². The first-order valence-electron chi connectivity index (χ1n) is 7.02. The van der Waals surface area contributed by atoms with E-state index in [4.69, 9.17) is 0 Å². The van der Waals surface area contributed by atoms with E-state index in [1.807, 2.05) is 0 Å². The summed E-state index contributed by atoms with van der Waals surface area (Å²) in [5.74, 6) is 2.78. The van der Waals surface area contributed by atoms with Gasteiger partial charge in [0.05, 0.1) is 0 Å². The fraction of sp³-hybridized carbons (Fsp3) is 1.00. The van der Waals surface area contributed by atoms with E-state index in [2.05, 4.69) is 47.0 Å². The van der Waals surface area contributed by atoms with Crippen molar-refractivity contribution in [3.05, 3.63) is 0 Å². The van der Waals surface area contributed by atoms with Gasteiger partial charge in [-0.25, -0.2) is 0 Å². The minimum atomic E-state index is 0.491. The Morgan fingerprint density at radius 3 is 2.06 bits per heavy atom. The van der Waals surface area contributed by atoms with Gasteiger partial charge >= 0.3 is 0 Å². The van der Waals surface area contributed by atoms with Crippen LogP contribution in [0.5, 0.6) is 0 Å². The maximum absolute atomic E-state index is 3.38. The highest BCUT2D eigenvalue weighted by Gasteiger charge is 2.35. The van der Waals surface area contributed by atoms with E-state index in [9.17, 15) is 0 Å². The molecule has 1 aliphatic rings. The molecule has 0 saturated heterocycles. The van der Waals surface area contributed by atoms with Gasteiger partial charge in [0.1, 0.15) is 0 Å². The van der Waals surface area contributed by atoms with Crippen LogP contribution in [0.15, 0.2) is 0 Å². The van der Waals surface area contributed by atoms with E-state index in [1.165, 1.54) is 25.7 Å². The van der Waals surface area contributed by atoms with Crippen LogP contribution < -0.4 is 5.32 Å². The van der Waals surface area contributed by atoms with Crippen LogP contribution in [-0.4, -0.2) is 13.1 Å². The van der Waals surface area contributed by atoms with E-state index in [0.29, 0.717) is 11.5 Å². The molecule has 0 bridgehead atoms. The summed E-state index contributed by atoms with van der Waals surface area (Å²) in [6, 6.07) is 0.641. The molecule has 1 aliphatic carbocycles. The lowest BCUT2D eigenvalue weighted by Gasteiger charge is -2.42. The highest BCUT2D eigenvalue weighted by atomic mass is 14.9. The number of hydrogen-bond acceptors (Lipinski definition) is 1. The van der Waals surface area contributed by atoms with Crippen LogP contribution in [0.2, 0.25) is 0 Å². The number of hydrogen-bond donors (Lipinski definition) is 1. The zero-order chi connectivity index (χ0) is 12.3. The summed E-state index contributed by atoms with van der Waals surface area (Å²) in [4.78, 5) is 0. The smallest absolute Gasteiger partial charge is 0.00409 e. The zero-order valence-electron chi connectivity index (χ0n) is 12.1. The highest BCUT2D eigenvalue weighted by Crippen LogP contribution is 2.44. The van der Waals surface area contributed by atoms with Gasteiger partial charge in [-0.15, -0.1) is 0 Å². The van der Waals surface area contributed by atoms with Crippen LogP contribution in [0.25, 0.3) is 0 Å². The van der Waals surface area contributed by atoms with Gasteiger partial charge in [-0.05, 0) is 62.8 Å². The molecule has 1 N–H and O–H groups in total. The summed E-state index contributed by atoms with van der Waals surface area (Å²) >= 11 is 0. The van der Waals surface area contributed by atoms with Gasteiger partial charge in [0.15, 0.2) is 0 Å². The molecule has 16 heavy (non-hydrogen) atoms. The van der Waals surface area contributed by atoms with Crippen LogP contribution >= 0.6 is 0 Å². The molecule has 1 heteroatoms. The lowest BCUT2D eigenvalue weighted by Crippen LogP contribution is -2.36. The summed E-state index contributed by atoms with van der Waals surface area (Å²) in [5.41, 5.74) is 0.491. The number of rotatable bonds is 4. The summed E-state index contributed by atoms with van der Waals surface area (Å²) in [5, 5.41) is 3.38. The molecule has 0 aliphatic heterocycles. The first kappa shape index (κ1) is 14.0. The van der Waals surface area contributed by atoms with E-state index in [1.54, 1.807) is 0 Å². The third kappa shape index (κ3) is 3.76. The van der Waals surface area contributed by atoms with Gasteiger partial charge in [0, 0.05) is 6.04 Å². The van der Waals surface area contributed by atoms with Crippen LogP contribution in [0.1, 0.15) is 60.3 Å². The Morgan fingerprint density at radius 1 is 1.12 bits per heavy atom. The van der Waals surface area contributed by atoms with Crippen molar-refractivity contribution in [1.82, 2.24) is 5.32 Å². The highest BCUT2D eigenvalue weighted by molar-refractivity contribution is 4.87. The SMILES string of the molecule is CNC(C)CC(C)(C)C1CC(C)CC(C)C1. The Kier molecular flexibility index (Phi) is 4.85. The molecular weight excluding hydrogens is 194 g/mol. The molecule has 1 nitrogen and oxygen atoms in total. The molecule has 96 valence electrons. The molecule has 1 rings (SSSR count). The lowest BCUT2D eigenvalue weighted by molar-refractivity contribution is 0.0855. The molecule has 0 aromatic rings. The zero-order valence-corrected chi connectivity index (χ0v) is 12.1. The van der Waals surface area contributed by atoms with E-state index < -0.39 is 0 Å². The first-order chi connectivity index (χ1) is 7.35. The standard InChI is InChI=1S/C15H31N/c1-11-7-12(2)9-14(8-11)15(4,5)10-13(3)16-6/h11-14,16H,7-10H2,1-6H3. The summed E-state index contributed by atoms with van der Waals surface area (Å²) in [7, 11) is 2.08. The van der Waals surface area contributed by atoms with Crippen LogP contribution in [0.4, 0.5) is 0 Å². The second-order valence-corrected chi connectivity index (χ2v) is 7.00. The van der Waals surface area contributed by atoms with Crippen molar-refractivity contribution in [2.24, 2.45) is 23.2 Å². The van der Waals surface area contributed by atoms with Crippen molar-refractivity contribution >= 4 is 0 Å². The maximum Gasteiger partial charge on any atom is 0.00409 e. The molecule has 1 saturated carbocycles. The predicted molar refractivity (Wildman–Crippen MR) is 72.6 cm³/mol. The molecule has 1 fully saturated rings. The molecule has 0 aromatic heterocycles. The third-order valence-electron chi connectivity index (χ3n) is 4.61. The average Bonchev–Trinajstić information content (AvgIpc) is 2.15. The fourth-order valence-electron chi connectivity index (χ4n) is 3.64. The minimum absolute atomic E-state index is 0.491. The summed E-state index contributed by atoms with van der Waals surface area (Å²) in [6.45, 7) is 12.1. The van der Waals surface area contributed by atoms with Gasteiger partial charge in [-0.2, -0.15) is 0 Å². The van der Waals surface area contributed by atoms with Crippen molar-refractivity contribution in [2.75, 3.05) is 7.05 Å². The van der Waals surface area contributed by atoms with Crippen molar-refractivity contribution < 1.29 is 0 Å². The second kappa shape index (κ2) is 5.53. The van der Waals surface area contributed by atoms with Gasteiger partial charge in [-0.3, -0.25) is 0 Å². The Bertz CT molecular complexity index is 199. The Labute approximate surface area is 102 Å². The summed E-state index contributed by atoms with van der Waals surface area (Å²) < 4.78 is 0. The molecule has 0 amide bonds. The van der Waals surface area contributed by atoms with Crippen molar-refractivity contribution in [2.45, 2.75) is 66.3 Å². The largest absolute Gasteiger partial charge is 0.317 e. The Morgan fingerprint density at radius 2 is 1.62 bits per heavy atom. The van der Waals surface area contributed by atoms with E-state index in [-0.39, 0.29) is 0 Å². The average molecular weight is 225 g/mol. The normalized spacial score (nSPS) is 33.8. The molecule has 3 atom stereocenters. The van der Waals surface area contributed by atoms with Crippen molar-refractivity contribution in [3.63, 3.8) is 0 Å². The van der Waals surface area contributed by atoms with Crippen molar-refractivity contribution in [3.8, 4) is 0 Å². The van der Waals surface area contributed by atoms with Crippen molar-refractivity contribution in [1.29, 1.82) is 0 Å². The van der Waals surface area contributed by atoms with E-state index in [0.717, 1.165) is 17.8 Å². The Balaban J connectivity index is 2.59. The summed E-state index contributed by atoms with van der Waals surface area (Å²) in [6.07, 6.45) is 5.61. The van der Waals surface area contributed by atoms with Gasteiger partial charge in [0.25, 0.3) is 0 Å². The molecule has 0 aromatic carbocycles. The van der Waals surface area contributed by atoms with E-state index >= 15 is 0 Å². The van der Waals surface area contributed by atoms with Gasteiger partial charge in [-0.1, -0.05) is 27.7 Å². The second-order valence-electron chi connectivity index (χ2n) is 7.00. The fourth-order valence-corrected chi connectivity index (χ4v) is 3.64. The quantitative estimate of drug-likeness (QED) is 0.760. The lowest BCUT2D eigenvalue weighted by atomic mass is 9.64. The maximum atomic E-state index is 3.38. The number of nitrogens with one attached hydrogen (secondary N) is 1. The minimum Gasteiger partial charge on any atom is -0.317 e. The molecule has 0 radical (unpaired) electrons. The third-order valence-corrected chi connectivity index (χ3v) is 4.61.